The van der Waals surface area contributed by atoms with Crippen molar-refractivity contribution in [2.24, 2.45) is 0 Å². The molecule has 162 valence electrons. The number of benzene rings is 4. The quantitative estimate of drug-likeness (QED) is 0.352. The lowest BCUT2D eigenvalue weighted by molar-refractivity contribution is 1.70. The Morgan fingerprint density at radius 2 is 0.781 bits per heavy atom. The van der Waals surface area contributed by atoms with Crippen molar-refractivity contribution in [1.82, 2.24) is 0 Å². The Morgan fingerprint density at radius 3 is 1.16 bits per heavy atom. The first-order valence-electron chi connectivity index (χ1n) is 11.6. The Bertz CT molecular complexity index is 1080. The predicted octanol–water partition coefficient (Wildman–Crippen LogP) is 3.72. The van der Waals surface area contributed by atoms with Gasteiger partial charge in [-0.25, -0.2) is 0 Å². The van der Waals surface area contributed by atoms with Gasteiger partial charge in [0.2, 0.25) is 0 Å². The predicted molar refractivity (Wildman–Crippen MR) is 154 cm³/mol. The van der Waals surface area contributed by atoms with Crippen molar-refractivity contribution in [2.45, 2.75) is 26.2 Å². The Kier molecular flexibility index (Phi) is 6.67. The molecular weight excluding hydrogens is 449 g/mol. The first-order valence-corrected chi connectivity index (χ1v) is 24.6. The minimum Gasteiger partial charge on any atom is -0.0713 e. The van der Waals surface area contributed by atoms with E-state index in [1.807, 2.05) is 0 Å². The van der Waals surface area contributed by atoms with Crippen molar-refractivity contribution in [3.05, 3.63) is 121 Å². The van der Waals surface area contributed by atoms with E-state index in [1.54, 1.807) is 20.7 Å². The normalized spacial score (nSPS) is 14.4. The summed E-state index contributed by atoms with van der Waals surface area (Å²) in [6, 6.07) is 46.6. The van der Waals surface area contributed by atoms with Crippen LogP contribution in [0.4, 0.5) is 0 Å². The molecule has 1 atom stereocenters. The minimum atomic E-state index is -2.08. The average Bonchev–Trinajstić information content (AvgIpc) is 2.83. The molecule has 32 heavy (non-hydrogen) atoms. The van der Waals surface area contributed by atoms with Crippen LogP contribution < -0.4 is 20.7 Å². The van der Waals surface area contributed by atoms with Crippen LogP contribution in [0.2, 0.25) is 26.2 Å². The maximum Gasteiger partial charge on any atom is 0.105 e. The summed E-state index contributed by atoms with van der Waals surface area (Å²) in [6.07, 6.45) is 0. The van der Waals surface area contributed by atoms with Gasteiger partial charge in [-0.1, -0.05) is 168 Å². The van der Waals surface area contributed by atoms with Gasteiger partial charge in [0.25, 0.3) is 0 Å². The summed E-state index contributed by atoms with van der Waals surface area (Å²) in [5.41, 5.74) is 0. The molecule has 0 bridgehead atoms. The molecule has 0 radical (unpaired) electrons. The monoisotopic (exact) mass is 482 g/mol. The zero-order chi connectivity index (χ0) is 22.7. The van der Waals surface area contributed by atoms with E-state index in [1.165, 1.54) is 0 Å². The van der Waals surface area contributed by atoms with E-state index in [0.29, 0.717) is 0 Å². The van der Waals surface area contributed by atoms with Gasteiger partial charge in [-0.15, -0.1) is 0 Å². The maximum absolute atomic E-state index is 2.77. The van der Waals surface area contributed by atoms with Gasteiger partial charge in [-0.05, 0) is 0 Å². The van der Waals surface area contributed by atoms with E-state index in [9.17, 15) is 0 Å². The molecule has 1 unspecified atom stereocenters. The van der Waals surface area contributed by atoms with Gasteiger partial charge in [-0.3, -0.25) is 0 Å². The molecule has 4 rings (SSSR count). The molecule has 0 amide bonds. The Balaban J connectivity index is 2.14. The van der Waals surface area contributed by atoms with Crippen LogP contribution >= 0.6 is 0 Å². The van der Waals surface area contributed by atoms with Crippen LogP contribution in [0, 0.1) is 0 Å². The molecule has 0 aliphatic carbocycles. The first kappa shape index (κ1) is 22.9. The van der Waals surface area contributed by atoms with Crippen LogP contribution in [-0.2, 0) is 0 Å². The average molecular weight is 483 g/mol. The molecule has 0 fully saturated rings. The molecule has 0 saturated heterocycles. The van der Waals surface area contributed by atoms with Crippen molar-refractivity contribution in [3.63, 3.8) is 0 Å². The summed E-state index contributed by atoms with van der Waals surface area (Å²) >= 11 is 0. The molecule has 0 aromatic heterocycles. The van der Waals surface area contributed by atoms with E-state index in [0.717, 1.165) is 0 Å². The van der Waals surface area contributed by atoms with Gasteiger partial charge in [0.05, 0.1) is 16.1 Å². The molecule has 0 saturated carbocycles. The third-order valence-corrected chi connectivity index (χ3v) is 62.4. The lowest BCUT2D eigenvalue weighted by atomic mass is 10.4. The molecule has 0 heterocycles. The second kappa shape index (κ2) is 9.31. The van der Waals surface area contributed by atoms with Crippen LogP contribution in [0.15, 0.2) is 121 Å². The van der Waals surface area contributed by atoms with Gasteiger partial charge in [0, 0.05) is 7.59 Å². The third kappa shape index (κ3) is 3.97. The number of hydrogen-bond acceptors (Lipinski definition) is 0. The highest BCUT2D eigenvalue weighted by Gasteiger charge is 2.60. The van der Waals surface area contributed by atoms with Gasteiger partial charge >= 0.3 is 0 Å². The molecule has 0 nitrogen and oxygen atoms in total. The molecule has 4 heteroatoms. The van der Waals surface area contributed by atoms with E-state index in [2.05, 4.69) is 148 Å². The van der Waals surface area contributed by atoms with Crippen molar-refractivity contribution in [2.75, 3.05) is 0 Å². The summed E-state index contributed by atoms with van der Waals surface area (Å²) in [5.74, 6) is 0. The van der Waals surface area contributed by atoms with E-state index in [4.69, 9.17) is 0 Å². The summed E-state index contributed by atoms with van der Waals surface area (Å²) in [4.78, 5) is 0. The summed E-state index contributed by atoms with van der Waals surface area (Å²) in [6.45, 7) is 10.7. The van der Waals surface area contributed by atoms with Crippen LogP contribution in [0.1, 0.15) is 0 Å². The third-order valence-electron chi connectivity index (χ3n) is 7.55. The fraction of sp³-hybridized carbons (Fsp3) is 0.143. The molecule has 0 spiro atoms. The van der Waals surface area contributed by atoms with Crippen LogP contribution in [0.3, 0.4) is 0 Å². The Labute approximate surface area is 198 Å². The van der Waals surface area contributed by atoms with Gasteiger partial charge in [-0.2, -0.15) is 0 Å². The fourth-order valence-corrected chi connectivity index (χ4v) is 71.3. The van der Waals surface area contributed by atoms with Crippen LogP contribution in [-0.4, -0.2) is 30.8 Å². The highest BCUT2D eigenvalue weighted by molar-refractivity contribution is 7.88. The summed E-state index contributed by atoms with van der Waals surface area (Å²) < 4.78 is 0. The molecule has 4 aromatic rings. The van der Waals surface area contributed by atoms with Gasteiger partial charge in [0.1, 0.15) is 7.11 Å². The van der Waals surface area contributed by atoms with E-state index in [-0.39, 0.29) is 0 Å². The standard InChI is InChI=1S/C28H34Si4/c1-30(2,3)31(4,26-19-11-6-12-20-26)32(27-21-13-7-14-22-27,28-23-15-8-16-24-28)29-25-17-9-5-10-18-25/h5-24H,29H2,1-4H3. The highest BCUT2D eigenvalue weighted by Crippen LogP contribution is 2.29. The Hall–Kier alpha value is -2.25. The lowest BCUT2D eigenvalue weighted by Crippen LogP contribution is -2.90. The van der Waals surface area contributed by atoms with Crippen molar-refractivity contribution in [3.8, 4) is 0 Å². The zero-order valence-electron chi connectivity index (χ0n) is 19.8. The van der Waals surface area contributed by atoms with E-state index >= 15 is 0 Å². The maximum atomic E-state index is 2.77. The van der Waals surface area contributed by atoms with Crippen molar-refractivity contribution < 1.29 is 0 Å². The second-order valence-corrected chi connectivity index (χ2v) is 42.4. The van der Waals surface area contributed by atoms with Crippen LogP contribution in [0.5, 0.6) is 0 Å². The molecular formula is C28H34Si4. The first-order chi connectivity index (χ1) is 15.4. The molecule has 0 aliphatic heterocycles. The molecule has 4 aromatic carbocycles. The lowest BCUT2D eigenvalue weighted by Gasteiger charge is -2.53. The van der Waals surface area contributed by atoms with Crippen molar-refractivity contribution in [1.29, 1.82) is 0 Å². The number of rotatable bonds is 7. The van der Waals surface area contributed by atoms with Gasteiger partial charge in [0.15, 0.2) is 0 Å². The fourth-order valence-electron chi connectivity index (χ4n) is 5.56. The largest absolute Gasteiger partial charge is 0.105 e. The van der Waals surface area contributed by atoms with Gasteiger partial charge < -0.3 is 0 Å². The van der Waals surface area contributed by atoms with E-state index < -0.39 is 30.8 Å². The minimum absolute atomic E-state index is 0.593. The highest BCUT2D eigenvalue weighted by atomic mass is 29.8. The summed E-state index contributed by atoms with van der Waals surface area (Å²) in [7, 11) is -6.18. The molecule has 0 N–H and O–H groups in total. The Morgan fingerprint density at radius 1 is 0.438 bits per heavy atom. The number of hydrogen-bond donors (Lipinski definition) is 0. The zero-order valence-corrected chi connectivity index (χ0v) is 24.2. The smallest absolute Gasteiger partial charge is 0.0713 e. The van der Waals surface area contributed by atoms with Crippen molar-refractivity contribution >= 4 is 51.6 Å². The van der Waals surface area contributed by atoms with Crippen LogP contribution in [0.25, 0.3) is 0 Å². The molecule has 0 aliphatic rings. The topological polar surface area (TPSA) is 0 Å². The SMILES string of the molecule is C[Si](C)(C)[Si](C)(c1ccccc1)[Si]([SiH2]c1ccccc1)(c1ccccc1)c1ccccc1. The second-order valence-electron chi connectivity index (χ2n) is 10.0. The summed E-state index contributed by atoms with van der Waals surface area (Å²) in [5, 5.41) is 6.59.